The van der Waals surface area contributed by atoms with Gasteiger partial charge in [-0.2, -0.15) is 18.2 Å². The number of ether oxygens (including phenoxy) is 1. The van der Waals surface area contributed by atoms with Crippen molar-refractivity contribution in [1.82, 2.24) is 19.5 Å². The Kier molecular flexibility index (Phi) is 6.23. The number of hydrogen-bond acceptors (Lipinski definition) is 7. The number of imidazole rings is 1. The van der Waals surface area contributed by atoms with Crippen molar-refractivity contribution in [2.45, 2.75) is 19.2 Å². The van der Waals surface area contributed by atoms with Crippen LogP contribution in [0.5, 0.6) is 5.75 Å². The van der Waals surface area contributed by atoms with E-state index in [9.17, 15) is 18.3 Å². The first-order valence-electron chi connectivity index (χ1n) is 9.38. The van der Waals surface area contributed by atoms with Crippen LogP contribution in [0.3, 0.4) is 0 Å². The molecular weight excluding hydrogens is 488 g/mol. The molecule has 0 aliphatic rings. The summed E-state index contributed by atoms with van der Waals surface area (Å²) in [4.78, 5) is 8.47. The zero-order valence-corrected chi connectivity index (χ0v) is 18.3. The van der Waals surface area contributed by atoms with E-state index < -0.39 is 24.5 Å². The number of benzene rings is 1. The first kappa shape index (κ1) is 23.3. The van der Waals surface area contributed by atoms with Crippen molar-refractivity contribution in [2.24, 2.45) is 0 Å². The smallest absolute Gasteiger partial charge is 0.417 e. The van der Waals surface area contributed by atoms with E-state index in [4.69, 9.17) is 37.6 Å². The van der Waals surface area contributed by atoms with Crippen LogP contribution in [0.1, 0.15) is 11.1 Å². The first-order valence-corrected chi connectivity index (χ1v) is 10.1. The molecule has 0 fully saturated rings. The quantitative estimate of drug-likeness (QED) is 0.402. The molecule has 0 saturated heterocycles. The third-order valence-electron chi connectivity index (χ3n) is 4.64. The number of rotatable bonds is 6. The third kappa shape index (κ3) is 4.76. The van der Waals surface area contributed by atoms with Crippen LogP contribution in [0.4, 0.5) is 13.2 Å². The maximum absolute atomic E-state index is 13.0. The van der Waals surface area contributed by atoms with Gasteiger partial charge in [-0.15, -0.1) is 0 Å². The van der Waals surface area contributed by atoms with Crippen molar-refractivity contribution < 1.29 is 32.6 Å². The molecule has 0 amide bonds. The van der Waals surface area contributed by atoms with Crippen molar-refractivity contribution in [3.05, 3.63) is 51.8 Å². The number of nitrogens with zero attached hydrogens (tertiary/aromatic N) is 4. The molecule has 33 heavy (non-hydrogen) atoms. The lowest BCUT2D eigenvalue weighted by atomic mass is 10.1. The lowest BCUT2D eigenvalue weighted by Gasteiger charge is -2.13. The van der Waals surface area contributed by atoms with Crippen molar-refractivity contribution in [1.29, 1.82) is 0 Å². The Bertz CT molecular complexity index is 1320. The average Bonchev–Trinajstić information content (AvgIpc) is 3.40. The number of pyridine rings is 1. The van der Waals surface area contributed by atoms with Crippen LogP contribution < -0.4 is 4.74 Å². The Morgan fingerprint density at radius 2 is 1.91 bits per heavy atom. The maximum Gasteiger partial charge on any atom is 0.417 e. The Morgan fingerprint density at radius 1 is 1.15 bits per heavy atom. The summed E-state index contributed by atoms with van der Waals surface area (Å²) in [6.07, 6.45) is -3.45. The second-order valence-corrected chi connectivity index (χ2v) is 7.91. The summed E-state index contributed by atoms with van der Waals surface area (Å²) in [5, 5.41) is 22.3. The van der Waals surface area contributed by atoms with Crippen LogP contribution >= 0.6 is 23.2 Å². The molecule has 2 N–H and O–H groups in total. The Labute approximate surface area is 194 Å². The van der Waals surface area contributed by atoms with E-state index in [1.165, 1.54) is 6.20 Å². The summed E-state index contributed by atoms with van der Waals surface area (Å²) in [6, 6.07) is 3.95. The highest BCUT2D eigenvalue weighted by atomic mass is 35.5. The van der Waals surface area contributed by atoms with Crippen LogP contribution in [-0.2, 0) is 6.18 Å². The molecule has 0 aliphatic carbocycles. The van der Waals surface area contributed by atoms with E-state index in [2.05, 4.69) is 15.1 Å². The molecule has 1 unspecified atom stereocenters. The molecule has 0 spiro atoms. The highest BCUT2D eigenvalue weighted by Crippen LogP contribution is 2.35. The zero-order chi connectivity index (χ0) is 23.9. The van der Waals surface area contributed by atoms with Gasteiger partial charge < -0.3 is 23.9 Å². The molecule has 0 radical (unpaired) electrons. The minimum atomic E-state index is -4.57. The molecule has 0 bridgehead atoms. The van der Waals surface area contributed by atoms with E-state index in [0.29, 0.717) is 16.9 Å². The van der Waals surface area contributed by atoms with Gasteiger partial charge in [-0.1, -0.05) is 28.4 Å². The van der Waals surface area contributed by atoms with Crippen molar-refractivity contribution in [3.8, 4) is 28.7 Å². The molecule has 0 aliphatic heterocycles. The lowest BCUT2D eigenvalue weighted by molar-refractivity contribution is -0.137. The molecule has 0 saturated carbocycles. The monoisotopic (exact) mass is 502 g/mol. The highest BCUT2D eigenvalue weighted by molar-refractivity contribution is 6.33. The second-order valence-electron chi connectivity index (χ2n) is 7.10. The number of aryl methyl sites for hydroxylation is 1. The number of aliphatic hydroxyl groups excluding tert-OH is 2. The Hall–Kier alpha value is -2.86. The van der Waals surface area contributed by atoms with Gasteiger partial charge in [0.2, 0.25) is 5.82 Å². The van der Waals surface area contributed by atoms with E-state index in [1.807, 2.05) is 0 Å². The predicted molar refractivity (Wildman–Crippen MR) is 112 cm³/mol. The molecule has 4 rings (SSSR count). The van der Waals surface area contributed by atoms with Crippen molar-refractivity contribution in [2.75, 3.05) is 13.2 Å². The van der Waals surface area contributed by atoms with Crippen molar-refractivity contribution >= 4 is 28.8 Å². The summed E-state index contributed by atoms with van der Waals surface area (Å²) in [5.41, 5.74) is 0.510. The van der Waals surface area contributed by atoms with Crippen LogP contribution in [0.2, 0.25) is 10.0 Å². The van der Waals surface area contributed by atoms with Gasteiger partial charge in [0.25, 0.3) is 5.89 Å². The predicted octanol–water partition coefficient (Wildman–Crippen LogP) is 4.42. The Balaban J connectivity index is 1.65. The summed E-state index contributed by atoms with van der Waals surface area (Å²) < 4.78 is 50.9. The summed E-state index contributed by atoms with van der Waals surface area (Å²) >= 11 is 12.2. The number of fused-ring (bicyclic) bond motifs is 1. The molecule has 1 aromatic carbocycles. The highest BCUT2D eigenvalue weighted by Gasteiger charge is 2.32. The number of halogens is 5. The zero-order valence-electron chi connectivity index (χ0n) is 16.8. The van der Waals surface area contributed by atoms with Crippen LogP contribution in [0.15, 0.2) is 35.1 Å². The largest absolute Gasteiger partial charge is 0.489 e. The summed E-state index contributed by atoms with van der Waals surface area (Å²) in [7, 11) is 0. The van der Waals surface area contributed by atoms with Crippen LogP contribution in [-0.4, -0.2) is 49.1 Å². The van der Waals surface area contributed by atoms with E-state index in [-0.39, 0.29) is 39.7 Å². The Morgan fingerprint density at radius 3 is 2.61 bits per heavy atom. The third-order valence-corrected chi connectivity index (χ3v) is 5.21. The molecule has 1 atom stereocenters. The van der Waals surface area contributed by atoms with Gasteiger partial charge in [0.05, 0.1) is 22.2 Å². The van der Waals surface area contributed by atoms with Crippen LogP contribution in [0, 0.1) is 6.92 Å². The summed E-state index contributed by atoms with van der Waals surface area (Å²) in [6.45, 7) is 1.15. The number of aliphatic hydroxyl groups is 2. The van der Waals surface area contributed by atoms with Gasteiger partial charge in [0.1, 0.15) is 24.2 Å². The van der Waals surface area contributed by atoms with Gasteiger partial charge in [0, 0.05) is 18.0 Å². The number of aromatic nitrogens is 4. The molecule has 174 valence electrons. The van der Waals surface area contributed by atoms with Crippen LogP contribution in [0.25, 0.3) is 28.6 Å². The minimum absolute atomic E-state index is 0.0276. The molecular formula is C20H15Cl2F3N4O4. The number of alkyl halides is 3. The fourth-order valence-corrected chi connectivity index (χ4v) is 3.47. The molecule has 8 nitrogen and oxygen atoms in total. The van der Waals surface area contributed by atoms with E-state index >= 15 is 0 Å². The van der Waals surface area contributed by atoms with Gasteiger partial charge in [-0.3, -0.25) is 0 Å². The molecule has 3 heterocycles. The fourth-order valence-electron chi connectivity index (χ4n) is 3.00. The number of hydrogen-bond donors (Lipinski definition) is 2. The topological polar surface area (TPSA) is 106 Å². The molecule has 13 heteroatoms. The maximum atomic E-state index is 13.0. The van der Waals surface area contributed by atoms with Gasteiger partial charge in [-0.25, -0.2) is 4.98 Å². The standard InChI is InChI=1S/C20H15Cl2F3N4O4/c1-9-2-16(32-8-11(31)7-30)13(21)4-12(9)17-27-19(33-28-17)15-6-29-5-10(20(23,24)25)3-14(22)18(29)26-15/h2-6,11,30-31H,7-8H2,1H3. The van der Waals surface area contributed by atoms with Gasteiger partial charge in [-0.05, 0) is 30.7 Å². The minimum Gasteiger partial charge on any atom is -0.489 e. The van der Waals surface area contributed by atoms with E-state index in [1.54, 1.807) is 19.1 Å². The second kappa shape index (κ2) is 8.82. The SMILES string of the molecule is Cc1cc(OCC(O)CO)c(Cl)cc1-c1noc(-c2cn3cc(C(F)(F)F)cc(Cl)c3n2)n1. The average molecular weight is 503 g/mol. The van der Waals surface area contributed by atoms with E-state index in [0.717, 1.165) is 16.7 Å². The van der Waals surface area contributed by atoms with Gasteiger partial charge in [0.15, 0.2) is 5.65 Å². The molecule has 4 aromatic rings. The van der Waals surface area contributed by atoms with Crippen molar-refractivity contribution in [3.63, 3.8) is 0 Å². The first-order chi connectivity index (χ1) is 15.6. The summed E-state index contributed by atoms with van der Waals surface area (Å²) in [5.74, 6) is 0.440. The van der Waals surface area contributed by atoms with Gasteiger partial charge >= 0.3 is 6.18 Å². The molecule has 3 aromatic heterocycles. The fraction of sp³-hybridized carbons (Fsp3) is 0.250. The normalized spacial score (nSPS) is 13.0. The lowest BCUT2D eigenvalue weighted by Crippen LogP contribution is -2.21.